The van der Waals surface area contributed by atoms with Gasteiger partial charge in [-0.2, -0.15) is 0 Å². The molecule has 0 bridgehead atoms. The molecule has 2 aromatic rings. The number of furan rings is 1. The lowest BCUT2D eigenvalue weighted by molar-refractivity contribution is -0.130. The van der Waals surface area contributed by atoms with Crippen molar-refractivity contribution in [3.63, 3.8) is 0 Å². The molecule has 0 aliphatic rings. The fourth-order valence-corrected chi connectivity index (χ4v) is 2.34. The van der Waals surface area contributed by atoms with E-state index in [2.05, 4.69) is 5.32 Å². The molecule has 1 aromatic heterocycles. The average molecular weight is 314 g/mol. The Morgan fingerprint density at radius 1 is 1.22 bits per heavy atom. The molecule has 0 radical (unpaired) electrons. The zero-order valence-electron chi connectivity index (χ0n) is 13.8. The molecule has 0 saturated carbocycles. The van der Waals surface area contributed by atoms with Crippen molar-refractivity contribution >= 4 is 17.5 Å². The maximum Gasteiger partial charge on any atom is 0.226 e. The first-order valence-corrected chi connectivity index (χ1v) is 7.60. The number of hydrogen-bond acceptors (Lipinski definition) is 3. The maximum absolute atomic E-state index is 12.1. The van der Waals surface area contributed by atoms with E-state index in [0.717, 1.165) is 16.8 Å². The van der Waals surface area contributed by atoms with Gasteiger partial charge in [0.15, 0.2) is 0 Å². The second kappa shape index (κ2) is 7.63. The fraction of sp³-hybridized carbons (Fsp3) is 0.333. The lowest BCUT2D eigenvalue weighted by atomic mass is 10.1. The summed E-state index contributed by atoms with van der Waals surface area (Å²) >= 11 is 0. The van der Waals surface area contributed by atoms with Crippen LogP contribution in [0.5, 0.6) is 0 Å². The van der Waals surface area contributed by atoms with Gasteiger partial charge in [0, 0.05) is 25.6 Å². The Labute approximate surface area is 136 Å². The summed E-state index contributed by atoms with van der Waals surface area (Å²) in [7, 11) is 0. The van der Waals surface area contributed by atoms with Gasteiger partial charge < -0.3 is 14.6 Å². The van der Waals surface area contributed by atoms with E-state index >= 15 is 0 Å². The van der Waals surface area contributed by atoms with Crippen molar-refractivity contribution in [1.29, 1.82) is 0 Å². The third kappa shape index (κ3) is 4.98. The molecule has 5 nitrogen and oxygen atoms in total. The Morgan fingerprint density at radius 2 is 2.00 bits per heavy atom. The number of nitrogens with one attached hydrogen (secondary N) is 1. The zero-order chi connectivity index (χ0) is 16.8. The summed E-state index contributed by atoms with van der Waals surface area (Å²) in [6.45, 7) is 6.19. The molecule has 0 spiro atoms. The van der Waals surface area contributed by atoms with Crippen molar-refractivity contribution in [2.75, 3.05) is 11.9 Å². The largest absolute Gasteiger partial charge is 0.467 e. The van der Waals surface area contributed by atoms with Crippen LogP contribution in [0, 0.1) is 13.8 Å². The molecule has 5 heteroatoms. The molecule has 1 N–H and O–H groups in total. The highest BCUT2D eigenvalue weighted by molar-refractivity contribution is 5.91. The zero-order valence-corrected chi connectivity index (χ0v) is 13.8. The van der Waals surface area contributed by atoms with Crippen LogP contribution >= 0.6 is 0 Å². The van der Waals surface area contributed by atoms with Crippen molar-refractivity contribution in [3.8, 4) is 0 Å². The number of anilines is 1. The standard InChI is InChI=1S/C18H22N2O3/c1-13-6-7-17(14(2)11-13)19-18(22)8-9-20(15(3)21)12-16-5-4-10-23-16/h4-7,10-11H,8-9,12H2,1-3H3,(H,19,22). The molecule has 1 aromatic carbocycles. The van der Waals surface area contributed by atoms with Crippen LogP contribution < -0.4 is 5.32 Å². The number of benzene rings is 1. The van der Waals surface area contributed by atoms with E-state index in [1.54, 1.807) is 17.2 Å². The molecule has 0 fully saturated rings. The molecule has 1 heterocycles. The van der Waals surface area contributed by atoms with Crippen molar-refractivity contribution in [1.82, 2.24) is 4.90 Å². The van der Waals surface area contributed by atoms with Gasteiger partial charge >= 0.3 is 0 Å². The minimum atomic E-state index is -0.109. The molecular formula is C18H22N2O3. The van der Waals surface area contributed by atoms with Gasteiger partial charge in [-0.15, -0.1) is 0 Å². The number of amides is 2. The Hall–Kier alpha value is -2.56. The van der Waals surface area contributed by atoms with E-state index in [4.69, 9.17) is 4.42 Å². The first kappa shape index (κ1) is 16.8. The molecule has 0 aliphatic carbocycles. The molecule has 0 aliphatic heterocycles. The van der Waals surface area contributed by atoms with Crippen LogP contribution in [0.2, 0.25) is 0 Å². The highest BCUT2D eigenvalue weighted by Gasteiger charge is 2.13. The van der Waals surface area contributed by atoms with E-state index in [0.29, 0.717) is 18.8 Å². The van der Waals surface area contributed by atoms with Crippen LogP contribution in [0.3, 0.4) is 0 Å². The van der Waals surface area contributed by atoms with E-state index < -0.39 is 0 Å². The number of aryl methyl sites for hydroxylation is 2. The van der Waals surface area contributed by atoms with E-state index in [9.17, 15) is 9.59 Å². The molecule has 122 valence electrons. The summed E-state index contributed by atoms with van der Waals surface area (Å²) < 4.78 is 5.25. The van der Waals surface area contributed by atoms with Crippen LogP contribution in [-0.2, 0) is 16.1 Å². The third-order valence-corrected chi connectivity index (χ3v) is 3.64. The highest BCUT2D eigenvalue weighted by Crippen LogP contribution is 2.16. The Balaban J connectivity index is 1.89. The fourth-order valence-electron chi connectivity index (χ4n) is 2.34. The van der Waals surface area contributed by atoms with Gasteiger partial charge in [0.25, 0.3) is 0 Å². The molecule has 2 rings (SSSR count). The SMILES string of the molecule is CC(=O)N(CCC(=O)Nc1ccc(C)cc1C)Cc1ccco1. The molecule has 0 unspecified atom stereocenters. The van der Waals surface area contributed by atoms with Crippen molar-refractivity contribution in [2.45, 2.75) is 33.7 Å². The van der Waals surface area contributed by atoms with Gasteiger partial charge in [0.2, 0.25) is 11.8 Å². The summed E-state index contributed by atoms with van der Waals surface area (Å²) in [6, 6.07) is 9.47. The minimum absolute atomic E-state index is 0.0827. The van der Waals surface area contributed by atoms with Crippen molar-refractivity contribution in [3.05, 3.63) is 53.5 Å². The predicted molar refractivity (Wildman–Crippen MR) is 89.0 cm³/mol. The molecule has 0 saturated heterocycles. The summed E-state index contributed by atoms with van der Waals surface area (Å²) in [5.74, 6) is 0.512. The number of hydrogen-bond donors (Lipinski definition) is 1. The normalized spacial score (nSPS) is 10.4. The Bertz CT molecular complexity index is 678. The highest BCUT2D eigenvalue weighted by atomic mass is 16.3. The van der Waals surface area contributed by atoms with E-state index in [-0.39, 0.29) is 18.2 Å². The smallest absolute Gasteiger partial charge is 0.226 e. The second-order valence-corrected chi connectivity index (χ2v) is 5.64. The minimum Gasteiger partial charge on any atom is -0.467 e. The van der Waals surface area contributed by atoms with Crippen molar-refractivity contribution in [2.24, 2.45) is 0 Å². The van der Waals surface area contributed by atoms with Crippen LogP contribution in [-0.4, -0.2) is 23.3 Å². The van der Waals surface area contributed by atoms with Crippen LogP contribution in [0.25, 0.3) is 0 Å². The number of carbonyl (C=O) groups is 2. The Kier molecular flexibility index (Phi) is 5.57. The van der Waals surface area contributed by atoms with Crippen LogP contribution in [0.4, 0.5) is 5.69 Å². The monoisotopic (exact) mass is 314 g/mol. The van der Waals surface area contributed by atoms with Gasteiger partial charge in [0.05, 0.1) is 12.8 Å². The number of nitrogens with zero attached hydrogens (tertiary/aromatic N) is 1. The molecule has 2 amide bonds. The summed E-state index contributed by atoms with van der Waals surface area (Å²) in [4.78, 5) is 25.4. The Morgan fingerprint density at radius 3 is 2.61 bits per heavy atom. The second-order valence-electron chi connectivity index (χ2n) is 5.64. The van der Waals surface area contributed by atoms with Crippen LogP contribution in [0.1, 0.15) is 30.2 Å². The number of rotatable bonds is 6. The van der Waals surface area contributed by atoms with Gasteiger partial charge in [-0.05, 0) is 37.6 Å². The van der Waals surface area contributed by atoms with Crippen molar-refractivity contribution < 1.29 is 14.0 Å². The summed E-state index contributed by atoms with van der Waals surface area (Å²) in [5, 5.41) is 2.89. The lowest BCUT2D eigenvalue weighted by Crippen LogP contribution is -2.31. The average Bonchev–Trinajstić information content (AvgIpc) is 2.99. The van der Waals surface area contributed by atoms with E-state index in [1.165, 1.54) is 6.92 Å². The van der Waals surface area contributed by atoms with Gasteiger partial charge in [0.1, 0.15) is 5.76 Å². The molecule has 23 heavy (non-hydrogen) atoms. The number of carbonyl (C=O) groups excluding carboxylic acids is 2. The lowest BCUT2D eigenvalue weighted by Gasteiger charge is -2.19. The first-order chi connectivity index (χ1) is 11.0. The summed E-state index contributed by atoms with van der Waals surface area (Å²) in [6.07, 6.45) is 1.81. The van der Waals surface area contributed by atoms with E-state index in [1.807, 2.05) is 38.1 Å². The summed E-state index contributed by atoms with van der Waals surface area (Å²) in [5.41, 5.74) is 2.99. The topological polar surface area (TPSA) is 62.6 Å². The first-order valence-electron chi connectivity index (χ1n) is 7.60. The van der Waals surface area contributed by atoms with Crippen LogP contribution in [0.15, 0.2) is 41.0 Å². The quantitative estimate of drug-likeness (QED) is 0.890. The van der Waals surface area contributed by atoms with Gasteiger partial charge in [-0.1, -0.05) is 17.7 Å². The maximum atomic E-state index is 12.1. The molecular weight excluding hydrogens is 292 g/mol. The molecule has 0 atom stereocenters. The third-order valence-electron chi connectivity index (χ3n) is 3.64. The van der Waals surface area contributed by atoms with Gasteiger partial charge in [-0.3, -0.25) is 9.59 Å². The predicted octanol–water partition coefficient (Wildman–Crippen LogP) is 3.27. The van der Waals surface area contributed by atoms with Gasteiger partial charge in [-0.25, -0.2) is 0 Å².